The van der Waals surface area contributed by atoms with E-state index in [0.717, 1.165) is 28.3 Å². The van der Waals surface area contributed by atoms with Gasteiger partial charge in [-0.05, 0) is 60.7 Å². The number of hydrogen-bond acceptors (Lipinski definition) is 1. The van der Waals surface area contributed by atoms with Crippen molar-refractivity contribution in [1.82, 2.24) is 23.5 Å². The summed E-state index contributed by atoms with van der Waals surface area (Å²) in [5.41, 5.74) is 11.3. The zero-order chi connectivity index (χ0) is 32.8. The molecule has 4 heterocycles. The van der Waals surface area contributed by atoms with Gasteiger partial charge in [0.1, 0.15) is 0 Å². The summed E-state index contributed by atoms with van der Waals surface area (Å²) in [4.78, 5) is 0. The van der Waals surface area contributed by atoms with Crippen LogP contribution in [0.3, 0.4) is 0 Å². The maximum atomic E-state index is 4.91. The summed E-state index contributed by atoms with van der Waals surface area (Å²) in [6.45, 7) is 0. The zero-order valence-electron chi connectivity index (χ0n) is 27.0. The van der Waals surface area contributed by atoms with Crippen LogP contribution in [0.25, 0.3) is 88.2 Å². The Morgan fingerprint density at radius 3 is 1.24 bits per heavy atom. The van der Waals surface area contributed by atoms with Crippen molar-refractivity contribution in [3.05, 3.63) is 176 Å². The summed E-state index contributed by atoms with van der Waals surface area (Å²) >= 11 is 0. The van der Waals surface area contributed by atoms with Crippen LogP contribution in [-0.2, 0) is 0 Å². The van der Waals surface area contributed by atoms with Gasteiger partial charge in [-0.25, -0.2) is 4.68 Å². The summed E-state index contributed by atoms with van der Waals surface area (Å²) in [7, 11) is 0. The Balaban J connectivity index is 1.12. The molecule has 5 heteroatoms. The number of fused-ring (bicyclic) bond motifs is 9. The fraction of sp³-hybridized carbons (Fsp3) is 0. The molecule has 0 N–H and O–H groups in total. The molecule has 0 amide bonds. The number of nitrogens with zero attached hydrogens (tertiary/aromatic N) is 5. The molecule has 11 aromatic rings. The van der Waals surface area contributed by atoms with E-state index in [-0.39, 0.29) is 0 Å². The smallest absolute Gasteiger partial charge is 0.0848 e. The van der Waals surface area contributed by atoms with Gasteiger partial charge in [0.25, 0.3) is 0 Å². The Morgan fingerprint density at radius 2 is 0.700 bits per heavy atom. The summed E-state index contributed by atoms with van der Waals surface area (Å²) < 4.78 is 9.09. The van der Waals surface area contributed by atoms with Gasteiger partial charge in [-0.2, -0.15) is 5.10 Å². The Hall–Kier alpha value is -6.85. The molecule has 0 aliphatic carbocycles. The van der Waals surface area contributed by atoms with Crippen molar-refractivity contribution in [3.63, 3.8) is 0 Å². The number of rotatable bonds is 4. The van der Waals surface area contributed by atoms with Gasteiger partial charge in [0.05, 0.1) is 56.9 Å². The topological polar surface area (TPSA) is 32.6 Å². The maximum Gasteiger partial charge on any atom is 0.0848 e. The molecule has 50 heavy (non-hydrogen) atoms. The Labute approximate surface area is 287 Å². The van der Waals surface area contributed by atoms with E-state index >= 15 is 0 Å². The molecule has 7 aromatic carbocycles. The molecule has 0 saturated carbocycles. The summed E-state index contributed by atoms with van der Waals surface area (Å²) in [6, 6.07) is 58.8. The van der Waals surface area contributed by atoms with Gasteiger partial charge in [0.2, 0.25) is 0 Å². The third-order valence-electron chi connectivity index (χ3n) is 10.3. The molecule has 0 radical (unpaired) electrons. The van der Waals surface area contributed by atoms with Crippen LogP contribution >= 0.6 is 0 Å². The van der Waals surface area contributed by atoms with E-state index in [2.05, 4.69) is 184 Å². The van der Waals surface area contributed by atoms with Crippen molar-refractivity contribution in [2.45, 2.75) is 0 Å². The molecule has 0 atom stereocenters. The third kappa shape index (κ3) is 3.80. The van der Waals surface area contributed by atoms with Crippen LogP contribution in [0.4, 0.5) is 0 Å². The van der Waals surface area contributed by atoms with E-state index in [1.807, 2.05) is 10.9 Å². The van der Waals surface area contributed by atoms with Crippen LogP contribution in [-0.4, -0.2) is 23.5 Å². The van der Waals surface area contributed by atoms with Crippen molar-refractivity contribution >= 4 is 65.4 Å². The molecule has 4 aromatic heterocycles. The molecule has 0 fully saturated rings. The lowest BCUT2D eigenvalue weighted by atomic mass is 10.1. The van der Waals surface area contributed by atoms with Gasteiger partial charge >= 0.3 is 0 Å². The highest BCUT2D eigenvalue weighted by Crippen LogP contribution is 2.38. The van der Waals surface area contributed by atoms with Crippen LogP contribution in [0, 0.1) is 0 Å². The predicted octanol–water partition coefficient (Wildman–Crippen LogP) is 11.2. The van der Waals surface area contributed by atoms with Crippen LogP contribution in [0.15, 0.2) is 176 Å². The lowest BCUT2D eigenvalue weighted by Crippen LogP contribution is -1.98. The summed E-state index contributed by atoms with van der Waals surface area (Å²) in [6.07, 6.45) is 4.10. The standard InChI is InChI=1S/C45H29N5/c1-2-12-30(13-3-1)48-40-18-8-6-16-36(40)39-25-23-32(27-45(39)48)49-41-19-9-7-17-37(41)38-24-22-31(26-44(38)49)47-29-33(28-46-47)50-42-20-10-4-14-34(42)35-15-5-11-21-43(35)50/h1-29H. The van der Waals surface area contributed by atoms with Gasteiger partial charge in [-0.1, -0.05) is 103 Å². The predicted molar refractivity (Wildman–Crippen MR) is 207 cm³/mol. The second kappa shape index (κ2) is 10.3. The quantitative estimate of drug-likeness (QED) is 0.189. The van der Waals surface area contributed by atoms with Crippen molar-refractivity contribution in [2.75, 3.05) is 0 Å². The molecule has 0 bridgehead atoms. The van der Waals surface area contributed by atoms with Crippen molar-refractivity contribution < 1.29 is 0 Å². The summed E-state index contributed by atoms with van der Waals surface area (Å²) in [5, 5.41) is 12.3. The van der Waals surface area contributed by atoms with Gasteiger partial charge in [-0.3, -0.25) is 0 Å². The molecule has 0 spiro atoms. The van der Waals surface area contributed by atoms with E-state index in [1.54, 1.807) is 0 Å². The normalized spacial score (nSPS) is 12.0. The Morgan fingerprint density at radius 1 is 0.300 bits per heavy atom. The van der Waals surface area contributed by atoms with Crippen LogP contribution in [0.5, 0.6) is 0 Å². The van der Waals surface area contributed by atoms with Crippen LogP contribution in [0.1, 0.15) is 0 Å². The Bertz CT molecular complexity index is 3040. The highest BCUT2D eigenvalue weighted by Gasteiger charge is 2.18. The van der Waals surface area contributed by atoms with E-state index in [0.29, 0.717) is 0 Å². The number of benzene rings is 7. The van der Waals surface area contributed by atoms with Gasteiger partial charge < -0.3 is 13.7 Å². The van der Waals surface area contributed by atoms with Crippen molar-refractivity contribution in [2.24, 2.45) is 0 Å². The molecule has 5 nitrogen and oxygen atoms in total. The molecular weight excluding hydrogens is 611 g/mol. The monoisotopic (exact) mass is 639 g/mol. The highest BCUT2D eigenvalue weighted by molar-refractivity contribution is 6.12. The third-order valence-corrected chi connectivity index (χ3v) is 10.3. The second-order valence-electron chi connectivity index (χ2n) is 13.0. The van der Waals surface area contributed by atoms with Crippen LogP contribution < -0.4 is 0 Å². The largest absolute Gasteiger partial charge is 0.309 e. The molecule has 0 unspecified atom stereocenters. The first-order valence-electron chi connectivity index (χ1n) is 17.0. The first-order valence-corrected chi connectivity index (χ1v) is 17.0. The lowest BCUT2D eigenvalue weighted by molar-refractivity contribution is 0.881. The number of aromatic nitrogens is 5. The minimum Gasteiger partial charge on any atom is -0.309 e. The van der Waals surface area contributed by atoms with Crippen molar-refractivity contribution in [3.8, 4) is 22.7 Å². The molecular formula is C45H29N5. The SMILES string of the molecule is c1ccc(-n2c3ccccc3c3ccc(-n4c5ccccc5c5ccc(-n6cc(-n7c8ccccc8c8ccccc87)cn6)cc54)cc32)cc1. The lowest BCUT2D eigenvalue weighted by Gasteiger charge is -2.12. The highest BCUT2D eigenvalue weighted by atomic mass is 15.3. The minimum absolute atomic E-state index is 1.01. The molecule has 0 saturated heterocycles. The number of hydrogen-bond donors (Lipinski definition) is 0. The molecule has 0 aliphatic heterocycles. The number of para-hydroxylation sites is 5. The summed E-state index contributed by atoms with van der Waals surface area (Å²) in [5.74, 6) is 0. The second-order valence-corrected chi connectivity index (χ2v) is 13.0. The van der Waals surface area contributed by atoms with E-state index in [1.165, 1.54) is 59.9 Å². The first kappa shape index (κ1) is 27.1. The average molecular weight is 640 g/mol. The molecule has 11 rings (SSSR count). The first-order chi connectivity index (χ1) is 24.8. The van der Waals surface area contributed by atoms with E-state index in [9.17, 15) is 0 Å². The average Bonchev–Trinajstić information content (AvgIpc) is 3.94. The van der Waals surface area contributed by atoms with Crippen LogP contribution in [0.2, 0.25) is 0 Å². The van der Waals surface area contributed by atoms with Gasteiger partial charge in [0, 0.05) is 43.7 Å². The Kier molecular flexibility index (Phi) is 5.60. The van der Waals surface area contributed by atoms with Gasteiger partial charge in [0.15, 0.2) is 0 Å². The minimum atomic E-state index is 1.01. The zero-order valence-corrected chi connectivity index (χ0v) is 27.0. The fourth-order valence-corrected chi connectivity index (χ4v) is 8.10. The van der Waals surface area contributed by atoms with E-state index < -0.39 is 0 Å². The fourth-order valence-electron chi connectivity index (χ4n) is 8.10. The van der Waals surface area contributed by atoms with E-state index in [4.69, 9.17) is 5.10 Å². The maximum absolute atomic E-state index is 4.91. The molecule has 234 valence electrons. The molecule has 0 aliphatic rings. The van der Waals surface area contributed by atoms with Gasteiger partial charge in [-0.15, -0.1) is 0 Å². The van der Waals surface area contributed by atoms with Crippen molar-refractivity contribution in [1.29, 1.82) is 0 Å².